The largest absolute Gasteiger partial charge is 0.394 e. The molecule has 0 aromatic rings. The standard InChI is InChI=1S/C50H91NO5/c1-3-5-7-9-11-13-15-17-19-21-22-23-24-25-26-27-28-30-32-34-36-38-40-42-44-48(54)50(56)51-46(45-52)49(55)47(53)43-41-39-37-35-33-31-29-20-18-16-14-12-10-8-6-4-2/h12,14,20,22-23,25-26,29,35,37,46-49,52-55H,3-11,13,15-19,21,24,27-28,30-34,36,38-45H2,1-2H3,(H,51,56)/b14-12+,23-22-,26-25-,29-20+,37-35+. The number of rotatable bonds is 42. The average Bonchev–Trinajstić information content (AvgIpc) is 3.20. The van der Waals surface area contributed by atoms with Gasteiger partial charge in [0.05, 0.1) is 18.8 Å². The zero-order valence-corrected chi connectivity index (χ0v) is 36.6. The van der Waals surface area contributed by atoms with Gasteiger partial charge in [-0.15, -0.1) is 0 Å². The Morgan fingerprint density at radius 2 is 0.804 bits per heavy atom. The van der Waals surface area contributed by atoms with Gasteiger partial charge in [-0.1, -0.05) is 184 Å². The van der Waals surface area contributed by atoms with E-state index in [0.717, 1.165) is 64.2 Å². The minimum atomic E-state index is -1.30. The van der Waals surface area contributed by atoms with Crippen molar-refractivity contribution in [1.29, 1.82) is 0 Å². The maximum absolute atomic E-state index is 12.5. The quantitative estimate of drug-likeness (QED) is 0.0313. The van der Waals surface area contributed by atoms with Crippen LogP contribution in [0.2, 0.25) is 0 Å². The number of amides is 1. The van der Waals surface area contributed by atoms with Crippen molar-refractivity contribution in [3.05, 3.63) is 60.8 Å². The first-order chi connectivity index (χ1) is 27.5. The maximum atomic E-state index is 12.5. The molecule has 0 fully saturated rings. The van der Waals surface area contributed by atoms with Crippen molar-refractivity contribution in [2.45, 2.75) is 244 Å². The van der Waals surface area contributed by atoms with Gasteiger partial charge in [0.2, 0.25) is 5.91 Å². The Hall–Kier alpha value is -1.99. The Labute approximate surface area is 346 Å². The summed E-state index contributed by atoms with van der Waals surface area (Å²) >= 11 is 0. The third kappa shape index (κ3) is 37.6. The molecule has 0 spiro atoms. The number of allylic oxidation sites excluding steroid dienone is 10. The van der Waals surface area contributed by atoms with Crippen LogP contribution in [0.5, 0.6) is 0 Å². The fraction of sp³-hybridized carbons (Fsp3) is 0.780. The number of aliphatic hydroxyl groups excluding tert-OH is 4. The number of hydrogen-bond donors (Lipinski definition) is 5. The molecule has 0 aliphatic rings. The Bertz CT molecular complexity index is 972. The molecule has 5 N–H and O–H groups in total. The summed E-state index contributed by atoms with van der Waals surface area (Å²) in [6.07, 6.45) is 55.4. The molecule has 1 amide bonds. The van der Waals surface area contributed by atoms with E-state index in [9.17, 15) is 25.2 Å². The molecule has 0 aliphatic carbocycles. The molecule has 0 aromatic heterocycles. The monoisotopic (exact) mass is 786 g/mol. The Morgan fingerprint density at radius 1 is 0.446 bits per heavy atom. The van der Waals surface area contributed by atoms with Crippen molar-refractivity contribution in [1.82, 2.24) is 5.32 Å². The Kier molecular flexibility index (Phi) is 42.6. The van der Waals surface area contributed by atoms with E-state index in [2.05, 4.69) is 79.9 Å². The summed E-state index contributed by atoms with van der Waals surface area (Å²) in [6, 6.07) is -1.02. The summed E-state index contributed by atoms with van der Waals surface area (Å²) in [5.74, 6) is -0.606. The lowest BCUT2D eigenvalue weighted by atomic mass is 10.00. The van der Waals surface area contributed by atoms with Gasteiger partial charge in [0, 0.05) is 0 Å². The highest BCUT2D eigenvalue weighted by Gasteiger charge is 2.28. The number of carbonyl (C=O) groups is 1. The number of carbonyl (C=O) groups excluding carboxylic acids is 1. The number of hydrogen-bond acceptors (Lipinski definition) is 5. The van der Waals surface area contributed by atoms with Crippen LogP contribution in [-0.2, 0) is 4.79 Å². The van der Waals surface area contributed by atoms with E-state index in [0.29, 0.717) is 19.3 Å². The Morgan fingerprint density at radius 3 is 1.27 bits per heavy atom. The second kappa shape index (κ2) is 44.1. The first-order valence-corrected chi connectivity index (χ1v) is 23.7. The SMILES string of the molecule is CCCCC/C=C/CC/C=C/CC/C=C/CCCC(O)C(O)C(CO)NC(=O)C(O)CCCCCCCCCC/C=C\C/C=C\CCCCCCCCCCC. The molecular weight excluding hydrogens is 695 g/mol. The van der Waals surface area contributed by atoms with Crippen LogP contribution in [0.4, 0.5) is 0 Å². The highest BCUT2D eigenvalue weighted by molar-refractivity contribution is 5.80. The van der Waals surface area contributed by atoms with E-state index in [4.69, 9.17) is 0 Å². The van der Waals surface area contributed by atoms with Crippen LogP contribution in [0.25, 0.3) is 0 Å². The van der Waals surface area contributed by atoms with E-state index in [1.807, 2.05) is 0 Å². The van der Waals surface area contributed by atoms with Gasteiger partial charge in [-0.2, -0.15) is 0 Å². The van der Waals surface area contributed by atoms with E-state index in [1.54, 1.807) is 0 Å². The van der Waals surface area contributed by atoms with Crippen LogP contribution in [0.3, 0.4) is 0 Å². The first-order valence-electron chi connectivity index (χ1n) is 23.7. The van der Waals surface area contributed by atoms with Crippen LogP contribution in [0, 0.1) is 0 Å². The molecule has 6 nitrogen and oxygen atoms in total. The molecular formula is C50H91NO5. The lowest BCUT2D eigenvalue weighted by molar-refractivity contribution is -0.132. The topological polar surface area (TPSA) is 110 Å². The molecule has 6 heteroatoms. The van der Waals surface area contributed by atoms with Crippen molar-refractivity contribution in [3.8, 4) is 0 Å². The predicted molar refractivity (Wildman–Crippen MR) is 242 cm³/mol. The highest BCUT2D eigenvalue weighted by Crippen LogP contribution is 2.14. The van der Waals surface area contributed by atoms with Crippen LogP contribution < -0.4 is 5.32 Å². The fourth-order valence-electron chi connectivity index (χ4n) is 6.88. The van der Waals surface area contributed by atoms with Crippen LogP contribution in [0.15, 0.2) is 60.8 Å². The molecule has 0 aromatic carbocycles. The van der Waals surface area contributed by atoms with Gasteiger partial charge in [0.15, 0.2) is 0 Å². The van der Waals surface area contributed by atoms with Crippen LogP contribution >= 0.6 is 0 Å². The van der Waals surface area contributed by atoms with Crippen LogP contribution in [0.1, 0.15) is 219 Å². The summed E-state index contributed by atoms with van der Waals surface area (Å²) in [5, 5.41) is 43.7. The van der Waals surface area contributed by atoms with E-state index >= 15 is 0 Å². The summed E-state index contributed by atoms with van der Waals surface area (Å²) in [5.41, 5.74) is 0. The minimum absolute atomic E-state index is 0.349. The lowest BCUT2D eigenvalue weighted by Gasteiger charge is -2.27. The normalized spacial score (nSPS) is 14.6. The molecule has 326 valence electrons. The van der Waals surface area contributed by atoms with E-state index in [1.165, 1.54) is 122 Å². The summed E-state index contributed by atoms with van der Waals surface area (Å²) < 4.78 is 0. The Balaban J connectivity index is 3.79. The second-order valence-corrected chi connectivity index (χ2v) is 16.1. The molecule has 0 heterocycles. The third-order valence-corrected chi connectivity index (χ3v) is 10.7. The first kappa shape index (κ1) is 54.0. The average molecular weight is 786 g/mol. The fourth-order valence-corrected chi connectivity index (χ4v) is 6.88. The van der Waals surface area contributed by atoms with Gasteiger partial charge in [0.1, 0.15) is 12.2 Å². The van der Waals surface area contributed by atoms with Gasteiger partial charge < -0.3 is 25.7 Å². The molecule has 4 unspecified atom stereocenters. The van der Waals surface area contributed by atoms with E-state index in [-0.39, 0.29) is 0 Å². The maximum Gasteiger partial charge on any atom is 0.249 e. The summed E-state index contributed by atoms with van der Waals surface area (Å²) in [6.45, 7) is 4.00. The van der Waals surface area contributed by atoms with Gasteiger partial charge >= 0.3 is 0 Å². The molecule has 4 atom stereocenters. The molecule has 0 aliphatic heterocycles. The molecule has 0 saturated heterocycles. The van der Waals surface area contributed by atoms with Crippen molar-refractivity contribution in [2.75, 3.05) is 6.61 Å². The molecule has 56 heavy (non-hydrogen) atoms. The third-order valence-electron chi connectivity index (χ3n) is 10.7. The lowest BCUT2D eigenvalue weighted by Crippen LogP contribution is -2.53. The summed E-state index contributed by atoms with van der Waals surface area (Å²) in [4.78, 5) is 12.5. The molecule has 0 bridgehead atoms. The summed E-state index contributed by atoms with van der Waals surface area (Å²) in [7, 11) is 0. The van der Waals surface area contributed by atoms with Crippen molar-refractivity contribution >= 4 is 5.91 Å². The van der Waals surface area contributed by atoms with Crippen molar-refractivity contribution < 1.29 is 25.2 Å². The zero-order chi connectivity index (χ0) is 41.0. The minimum Gasteiger partial charge on any atom is -0.394 e. The van der Waals surface area contributed by atoms with Gasteiger partial charge in [-0.25, -0.2) is 0 Å². The van der Waals surface area contributed by atoms with Crippen LogP contribution in [-0.4, -0.2) is 57.3 Å². The number of aliphatic hydroxyl groups is 4. The highest BCUT2D eigenvalue weighted by atomic mass is 16.3. The number of unbranched alkanes of at least 4 members (excludes halogenated alkanes) is 23. The van der Waals surface area contributed by atoms with Crippen molar-refractivity contribution in [2.24, 2.45) is 0 Å². The smallest absolute Gasteiger partial charge is 0.249 e. The van der Waals surface area contributed by atoms with E-state index < -0.39 is 36.9 Å². The second-order valence-electron chi connectivity index (χ2n) is 16.1. The molecule has 0 saturated carbocycles. The molecule has 0 rings (SSSR count). The van der Waals surface area contributed by atoms with Gasteiger partial charge in [-0.05, 0) is 96.3 Å². The number of nitrogens with one attached hydrogen (secondary N) is 1. The van der Waals surface area contributed by atoms with Gasteiger partial charge in [-0.3, -0.25) is 4.79 Å². The van der Waals surface area contributed by atoms with Crippen molar-refractivity contribution in [3.63, 3.8) is 0 Å². The van der Waals surface area contributed by atoms with Gasteiger partial charge in [0.25, 0.3) is 0 Å². The molecule has 0 radical (unpaired) electrons. The predicted octanol–water partition coefficient (Wildman–Crippen LogP) is 12.9. The zero-order valence-electron chi connectivity index (χ0n) is 36.6.